The molecule has 1 N–H and O–H groups in total. The zero-order valence-corrected chi connectivity index (χ0v) is 15.5. The number of nitrogens with zero attached hydrogens (tertiary/aromatic N) is 1. The molecule has 26 heavy (non-hydrogen) atoms. The molecule has 0 radical (unpaired) electrons. The lowest BCUT2D eigenvalue weighted by molar-refractivity contribution is -0.119. The molecule has 0 aliphatic carbocycles. The molecule has 0 saturated carbocycles. The molecular weight excluding hydrogens is 376 g/mol. The minimum atomic E-state index is -3.65. The van der Waals surface area contributed by atoms with Crippen LogP contribution in [-0.2, 0) is 21.4 Å². The van der Waals surface area contributed by atoms with Crippen LogP contribution in [0.15, 0.2) is 48.5 Å². The highest BCUT2D eigenvalue weighted by molar-refractivity contribution is 7.94. The van der Waals surface area contributed by atoms with E-state index in [-0.39, 0.29) is 23.9 Å². The molecule has 1 fully saturated rings. The highest BCUT2D eigenvalue weighted by Crippen LogP contribution is 2.28. The van der Waals surface area contributed by atoms with E-state index in [1.165, 1.54) is 24.3 Å². The number of nitrogens with one attached hydrogen (secondary N) is 1. The summed E-state index contributed by atoms with van der Waals surface area (Å²) >= 11 is 6.05. The van der Waals surface area contributed by atoms with Crippen molar-refractivity contribution in [2.24, 2.45) is 5.92 Å². The first-order valence-electron chi connectivity index (χ1n) is 7.98. The maximum atomic E-state index is 12.3. The third-order valence-electron chi connectivity index (χ3n) is 4.12. The molecule has 2 aromatic rings. The van der Waals surface area contributed by atoms with Crippen molar-refractivity contribution in [3.05, 3.63) is 64.7 Å². The van der Waals surface area contributed by atoms with Crippen LogP contribution in [0.3, 0.4) is 0 Å². The van der Waals surface area contributed by atoms with E-state index in [1.807, 2.05) is 12.1 Å². The standard InChI is InChI=1S/C18H17ClN2O4S/c1-12-11-26(24,25)21(18(12)23)15-8-6-13(7-9-15)17(22)20-10-14-4-2-3-5-16(14)19/h2-9,12H,10-11H2,1H3,(H,20,22). The number of benzene rings is 2. The fourth-order valence-electron chi connectivity index (χ4n) is 2.75. The second-order valence-corrected chi connectivity index (χ2v) is 8.37. The van der Waals surface area contributed by atoms with Crippen LogP contribution in [0.1, 0.15) is 22.8 Å². The lowest BCUT2D eigenvalue weighted by atomic mass is 10.1. The third kappa shape index (κ3) is 3.59. The molecule has 1 saturated heterocycles. The Morgan fingerprint density at radius 1 is 1.19 bits per heavy atom. The van der Waals surface area contributed by atoms with E-state index in [4.69, 9.17) is 11.6 Å². The van der Waals surface area contributed by atoms with Gasteiger partial charge < -0.3 is 5.32 Å². The molecule has 1 aliphatic rings. The quantitative estimate of drug-likeness (QED) is 0.866. The van der Waals surface area contributed by atoms with Gasteiger partial charge >= 0.3 is 0 Å². The van der Waals surface area contributed by atoms with Gasteiger partial charge in [-0.1, -0.05) is 36.7 Å². The smallest absolute Gasteiger partial charge is 0.251 e. The van der Waals surface area contributed by atoms with E-state index in [0.29, 0.717) is 10.6 Å². The van der Waals surface area contributed by atoms with Crippen molar-refractivity contribution in [2.75, 3.05) is 10.1 Å². The van der Waals surface area contributed by atoms with Gasteiger partial charge in [-0.05, 0) is 35.9 Å². The molecule has 8 heteroatoms. The lowest BCUT2D eigenvalue weighted by Crippen LogP contribution is -2.30. The Hall–Kier alpha value is -2.38. The van der Waals surface area contributed by atoms with Crippen molar-refractivity contribution in [1.29, 1.82) is 0 Å². The average molecular weight is 393 g/mol. The van der Waals surface area contributed by atoms with Crippen LogP contribution in [-0.4, -0.2) is 26.0 Å². The third-order valence-corrected chi connectivity index (χ3v) is 6.36. The van der Waals surface area contributed by atoms with Gasteiger partial charge in [0.15, 0.2) is 0 Å². The maximum absolute atomic E-state index is 12.3. The van der Waals surface area contributed by atoms with E-state index in [9.17, 15) is 18.0 Å². The highest BCUT2D eigenvalue weighted by Gasteiger charge is 2.41. The zero-order chi connectivity index (χ0) is 18.9. The number of carbonyl (C=O) groups excluding carboxylic acids is 2. The fourth-order valence-corrected chi connectivity index (χ4v) is 4.78. The first-order chi connectivity index (χ1) is 12.3. The fraction of sp³-hybridized carbons (Fsp3) is 0.222. The topological polar surface area (TPSA) is 83.6 Å². The Morgan fingerprint density at radius 3 is 2.42 bits per heavy atom. The molecule has 0 spiro atoms. The SMILES string of the molecule is CC1CS(=O)(=O)N(c2ccc(C(=O)NCc3ccccc3Cl)cc2)C1=O. The van der Waals surface area contributed by atoms with Crippen molar-refractivity contribution < 1.29 is 18.0 Å². The summed E-state index contributed by atoms with van der Waals surface area (Å²) in [5.74, 6) is -1.55. The van der Waals surface area contributed by atoms with Gasteiger partial charge in [-0.25, -0.2) is 12.7 Å². The van der Waals surface area contributed by atoms with Gasteiger partial charge in [-0.15, -0.1) is 0 Å². The summed E-state index contributed by atoms with van der Waals surface area (Å²) in [5.41, 5.74) is 1.39. The summed E-state index contributed by atoms with van der Waals surface area (Å²) in [5, 5.41) is 3.32. The predicted octanol–water partition coefficient (Wildman–Crippen LogP) is 2.58. The minimum Gasteiger partial charge on any atom is -0.348 e. The Morgan fingerprint density at radius 2 is 1.85 bits per heavy atom. The van der Waals surface area contributed by atoms with Crippen LogP contribution in [0.25, 0.3) is 0 Å². The first kappa shape index (κ1) is 18.4. The Kier molecular flexibility index (Phi) is 5.02. The molecule has 1 atom stereocenters. The zero-order valence-electron chi connectivity index (χ0n) is 14.0. The summed E-state index contributed by atoms with van der Waals surface area (Å²) in [6.45, 7) is 1.85. The van der Waals surface area contributed by atoms with E-state index in [0.717, 1.165) is 9.87 Å². The van der Waals surface area contributed by atoms with Crippen LogP contribution in [0.2, 0.25) is 5.02 Å². The van der Waals surface area contributed by atoms with Crippen molar-refractivity contribution in [3.8, 4) is 0 Å². The van der Waals surface area contributed by atoms with Crippen molar-refractivity contribution >= 4 is 39.1 Å². The maximum Gasteiger partial charge on any atom is 0.251 e. The number of halogens is 1. The molecule has 0 aromatic heterocycles. The molecule has 1 unspecified atom stereocenters. The number of anilines is 1. The number of hydrogen-bond donors (Lipinski definition) is 1. The summed E-state index contributed by atoms with van der Waals surface area (Å²) in [6, 6.07) is 13.1. The summed E-state index contributed by atoms with van der Waals surface area (Å²) in [7, 11) is -3.65. The highest BCUT2D eigenvalue weighted by atomic mass is 35.5. The number of rotatable bonds is 4. The Labute approximate surface area is 156 Å². The van der Waals surface area contributed by atoms with Crippen molar-refractivity contribution in [1.82, 2.24) is 5.32 Å². The predicted molar refractivity (Wildman–Crippen MR) is 99.5 cm³/mol. The molecule has 6 nitrogen and oxygen atoms in total. The van der Waals surface area contributed by atoms with Gasteiger partial charge in [0.25, 0.3) is 5.91 Å². The first-order valence-corrected chi connectivity index (χ1v) is 9.97. The number of sulfonamides is 1. The monoisotopic (exact) mass is 392 g/mol. The second-order valence-electron chi connectivity index (χ2n) is 6.10. The molecule has 2 amide bonds. The van der Waals surface area contributed by atoms with Crippen LogP contribution >= 0.6 is 11.6 Å². The molecule has 0 bridgehead atoms. The van der Waals surface area contributed by atoms with Gasteiger partial charge in [0.2, 0.25) is 15.9 Å². The number of hydrogen-bond acceptors (Lipinski definition) is 4. The van der Waals surface area contributed by atoms with Gasteiger partial charge in [0.1, 0.15) is 0 Å². The van der Waals surface area contributed by atoms with Crippen molar-refractivity contribution in [3.63, 3.8) is 0 Å². The van der Waals surface area contributed by atoms with Crippen LogP contribution in [0.5, 0.6) is 0 Å². The number of carbonyl (C=O) groups is 2. The van der Waals surface area contributed by atoms with Crippen LogP contribution in [0.4, 0.5) is 5.69 Å². The molecule has 1 heterocycles. The van der Waals surface area contributed by atoms with Gasteiger partial charge in [0.05, 0.1) is 17.4 Å². The van der Waals surface area contributed by atoms with Gasteiger partial charge in [-0.3, -0.25) is 9.59 Å². The Balaban J connectivity index is 1.72. The van der Waals surface area contributed by atoms with E-state index >= 15 is 0 Å². The van der Waals surface area contributed by atoms with Gasteiger partial charge in [0, 0.05) is 17.1 Å². The summed E-state index contributed by atoms with van der Waals surface area (Å²) in [4.78, 5) is 24.3. The van der Waals surface area contributed by atoms with E-state index in [2.05, 4.69) is 5.32 Å². The van der Waals surface area contributed by atoms with Gasteiger partial charge in [-0.2, -0.15) is 0 Å². The number of amides is 2. The summed E-state index contributed by atoms with van der Waals surface area (Å²) < 4.78 is 25.0. The Bertz CT molecular complexity index is 957. The molecular formula is C18H17ClN2O4S. The van der Waals surface area contributed by atoms with Crippen LogP contribution < -0.4 is 9.62 Å². The normalized spacial score (nSPS) is 18.8. The molecule has 2 aromatic carbocycles. The molecule has 136 valence electrons. The second kappa shape index (κ2) is 7.09. The van der Waals surface area contributed by atoms with E-state index < -0.39 is 21.8 Å². The minimum absolute atomic E-state index is 0.202. The van der Waals surface area contributed by atoms with Crippen molar-refractivity contribution in [2.45, 2.75) is 13.5 Å². The molecule has 3 rings (SSSR count). The average Bonchev–Trinajstić information content (AvgIpc) is 2.81. The molecule has 1 aliphatic heterocycles. The van der Waals surface area contributed by atoms with Crippen LogP contribution in [0, 0.1) is 5.92 Å². The summed E-state index contributed by atoms with van der Waals surface area (Å²) in [6.07, 6.45) is 0. The largest absolute Gasteiger partial charge is 0.348 e. The van der Waals surface area contributed by atoms with E-state index in [1.54, 1.807) is 19.1 Å². The lowest BCUT2D eigenvalue weighted by Gasteiger charge is -2.15.